The van der Waals surface area contributed by atoms with Crippen LogP contribution in [0.3, 0.4) is 0 Å². The summed E-state index contributed by atoms with van der Waals surface area (Å²) in [6, 6.07) is 17.6. The Kier molecular flexibility index (Phi) is 4.51. The van der Waals surface area contributed by atoms with Crippen molar-refractivity contribution in [2.24, 2.45) is 0 Å². The minimum Gasteiger partial charge on any atom is -0.378 e. The second-order valence-corrected chi connectivity index (χ2v) is 7.82. The summed E-state index contributed by atoms with van der Waals surface area (Å²) in [4.78, 5) is 4.61. The fourth-order valence-corrected chi connectivity index (χ4v) is 5.07. The Balaban J connectivity index is 1.77. The van der Waals surface area contributed by atoms with E-state index < -0.39 is 0 Å². The molecule has 0 N–H and O–H groups in total. The molecule has 0 spiro atoms. The first-order valence-corrected chi connectivity index (χ1v) is 10.1. The zero-order valence-electron chi connectivity index (χ0n) is 16.9. The summed E-state index contributed by atoms with van der Waals surface area (Å²) in [6.45, 7) is 6.32. The molecule has 2 aromatic carbocycles. The summed E-state index contributed by atoms with van der Waals surface area (Å²) in [6.07, 6.45) is 6.67. The average molecular weight is 363 g/mol. The van der Waals surface area contributed by atoms with Crippen molar-refractivity contribution in [1.29, 1.82) is 0 Å². The molecule has 0 amide bonds. The maximum atomic E-state index is 6.56. The van der Waals surface area contributed by atoms with E-state index in [0.29, 0.717) is 0 Å². The zero-order chi connectivity index (χ0) is 19.1. The molecule has 0 bridgehead atoms. The Labute approximate surface area is 163 Å². The molecule has 2 aliphatic heterocycles. The van der Waals surface area contributed by atoms with Gasteiger partial charge in [-0.05, 0) is 48.2 Å². The molecule has 4 rings (SSSR count). The number of nitrogens with zero attached hydrogens (tertiary/aromatic N) is 2. The van der Waals surface area contributed by atoms with Crippen LogP contribution >= 0.6 is 0 Å². The molecule has 27 heavy (non-hydrogen) atoms. The van der Waals surface area contributed by atoms with Crippen LogP contribution < -0.4 is 9.80 Å². The third-order valence-electron chi connectivity index (χ3n) is 6.55. The number of hydrogen-bond donors (Lipinski definition) is 0. The molecule has 2 aromatic rings. The van der Waals surface area contributed by atoms with Crippen molar-refractivity contribution in [1.82, 2.24) is 0 Å². The minimum absolute atomic E-state index is 0.0137. The van der Waals surface area contributed by atoms with Crippen molar-refractivity contribution in [3.05, 3.63) is 65.7 Å². The Bertz CT molecular complexity index is 836. The van der Waals surface area contributed by atoms with Gasteiger partial charge in [-0.1, -0.05) is 50.3 Å². The molecule has 0 aliphatic carbocycles. The number of ether oxygens (including phenoxy) is 1. The van der Waals surface area contributed by atoms with Crippen molar-refractivity contribution in [2.45, 2.75) is 37.8 Å². The first kappa shape index (κ1) is 18.1. The van der Waals surface area contributed by atoms with Crippen LogP contribution in [-0.2, 0) is 10.2 Å². The third kappa shape index (κ3) is 2.52. The fourth-order valence-electron chi connectivity index (χ4n) is 5.07. The number of fused-ring (bicyclic) bond motifs is 3. The highest BCUT2D eigenvalue weighted by atomic mass is 16.5. The Morgan fingerprint density at radius 2 is 1.74 bits per heavy atom. The second kappa shape index (κ2) is 6.72. The molecule has 142 valence electrons. The molecular weight excluding hydrogens is 332 g/mol. The second-order valence-electron chi connectivity index (χ2n) is 7.82. The number of benzene rings is 2. The maximum Gasteiger partial charge on any atom is 0.170 e. The van der Waals surface area contributed by atoms with Gasteiger partial charge in [0.25, 0.3) is 0 Å². The Hall–Kier alpha value is -2.26. The van der Waals surface area contributed by atoms with Crippen LogP contribution in [0.2, 0.25) is 0 Å². The van der Waals surface area contributed by atoms with Gasteiger partial charge in [0, 0.05) is 37.4 Å². The Morgan fingerprint density at radius 3 is 2.41 bits per heavy atom. The van der Waals surface area contributed by atoms with Crippen LogP contribution in [0.15, 0.2) is 54.6 Å². The van der Waals surface area contributed by atoms with E-state index in [-0.39, 0.29) is 11.1 Å². The minimum atomic E-state index is -0.388. The molecule has 3 nitrogen and oxygen atoms in total. The standard InChI is InChI=1S/C24H30N2O/c1-5-23(6-2)21-9-7-8-10-22(21)26-17-18-27-24(23,26)16-15-19-11-13-20(14-12-19)25(3)4/h7-16H,5-6,17-18H2,1-4H3. The SMILES string of the molecule is CCC1(CC)c2ccccc2N2CCOC21C=Cc1ccc(N(C)C)cc1. The summed E-state index contributed by atoms with van der Waals surface area (Å²) in [5, 5.41) is 0. The van der Waals surface area contributed by atoms with Gasteiger partial charge < -0.3 is 14.5 Å². The van der Waals surface area contributed by atoms with Crippen molar-refractivity contribution < 1.29 is 4.74 Å². The summed E-state index contributed by atoms with van der Waals surface area (Å²) >= 11 is 0. The van der Waals surface area contributed by atoms with Crippen molar-refractivity contribution in [2.75, 3.05) is 37.0 Å². The summed E-state index contributed by atoms with van der Waals surface area (Å²) in [5.74, 6) is 0. The summed E-state index contributed by atoms with van der Waals surface area (Å²) < 4.78 is 6.56. The van der Waals surface area contributed by atoms with Crippen LogP contribution in [0.4, 0.5) is 11.4 Å². The van der Waals surface area contributed by atoms with E-state index in [4.69, 9.17) is 4.74 Å². The van der Waals surface area contributed by atoms with Gasteiger partial charge in [0.05, 0.1) is 6.61 Å². The van der Waals surface area contributed by atoms with Gasteiger partial charge in [-0.3, -0.25) is 0 Å². The van der Waals surface area contributed by atoms with Crippen LogP contribution in [0.5, 0.6) is 0 Å². The lowest BCUT2D eigenvalue weighted by Crippen LogP contribution is -2.54. The lowest BCUT2D eigenvalue weighted by molar-refractivity contribution is -0.0171. The van der Waals surface area contributed by atoms with Crippen LogP contribution in [0, 0.1) is 0 Å². The number of rotatable bonds is 5. The molecule has 3 heteroatoms. The van der Waals surface area contributed by atoms with Gasteiger partial charge in [0.1, 0.15) is 0 Å². The van der Waals surface area contributed by atoms with Crippen LogP contribution in [-0.4, -0.2) is 33.0 Å². The summed E-state index contributed by atoms with van der Waals surface area (Å²) in [7, 11) is 4.14. The van der Waals surface area contributed by atoms with E-state index in [9.17, 15) is 0 Å². The van der Waals surface area contributed by atoms with Gasteiger partial charge >= 0.3 is 0 Å². The van der Waals surface area contributed by atoms with Crippen molar-refractivity contribution in [3.8, 4) is 0 Å². The van der Waals surface area contributed by atoms with E-state index in [2.05, 4.69) is 98.4 Å². The zero-order valence-corrected chi connectivity index (χ0v) is 16.9. The van der Waals surface area contributed by atoms with Crippen LogP contribution in [0.1, 0.15) is 37.8 Å². The van der Waals surface area contributed by atoms with E-state index >= 15 is 0 Å². The first-order chi connectivity index (χ1) is 13.1. The van der Waals surface area contributed by atoms with Gasteiger partial charge in [-0.25, -0.2) is 0 Å². The smallest absolute Gasteiger partial charge is 0.170 e. The van der Waals surface area contributed by atoms with Gasteiger partial charge in [0.2, 0.25) is 0 Å². The molecule has 2 heterocycles. The molecule has 0 aromatic heterocycles. The lowest BCUT2D eigenvalue weighted by Gasteiger charge is -2.43. The number of anilines is 2. The van der Waals surface area contributed by atoms with Crippen molar-refractivity contribution in [3.63, 3.8) is 0 Å². The average Bonchev–Trinajstić information content (AvgIpc) is 3.22. The number of hydrogen-bond acceptors (Lipinski definition) is 3. The molecule has 1 atom stereocenters. The molecule has 0 radical (unpaired) electrons. The molecule has 2 aliphatic rings. The van der Waals surface area contributed by atoms with E-state index in [1.807, 2.05) is 0 Å². The maximum absolute atomic E-state index is 6.56. The molecule has 0 saturated carbocycles. The molecule has 1 saturated heterocycles. The van der Waals surface area contributed by atoms with Crippen LogP contribution in [0.25, 0.3) is 6.08 Å². The third-order valence-corrected chi connectivity index (χ3v) is 6.55. The quantitative estimate of drug-likeness (QED) is 0.738. The first-order valence-electron chi connectivity index (χ1n) is 10.1. The fraction of sp³-hybridized carbons (Fsp3) is 0.417. The van der Waals surface area contributed by atoms with E-state index in [1.54, 1.807) is 0 Å². The number of para-hydroxylation sites is 1. The van der Waals surface area contributed by atoms with Gasteiger partial charge in [0.15, 0.2) is 5.72 Å². The molecule has 1 fully saturated rings. The molecular formula is C24H30N2O. The highest BCUT2D eigenvalue weighted by Gasteiger charge is 2.61. The van der Waals surface area contributed by atoms with E-state index in [1.165, 1.54) is 22.5 Å². The predicted molar refractivity (Wildman–Crippen MR) is 115 cm³/mol. The van der Waals surface area contributed by atoms with Crippen molar-refractivity contribution >= 4 is 17.5 Å². The summed E-state index contributed by atoms with van der Waals surface area (Å²) in [5.41, 5.74) is 4.80. The largest absolute Gasteiger partial charge is 0.378 e. The van der Waals surface area contributed by atoms with Gasteiger partial charge in [-0.15, -0.1) is 0 Å². The van der Waals surface area contributed by atoms with E-state index in [0.717, 1.165) is 26.0 Å². The van der Waals surface area contributed by atoms with Gasteiger partial charge in [-0.2, -0.15) is 0 Å². The highest BCUT2D eigenvalue weighted by molar-refractivity contribution is 5.70. The highest BCUT2D eigenvalue weighted by Crippen LogP contribution is 2.58. The predicted octanol–water partition coefficient (Wildman–Crippen LogP) is 5.07. The normalized spacial score (nSPS) is 22.9. The molecule has 1 unspecified atom stereocenters. The Morgan fingerprint density at radius 1 is 1.04 bits per heavy atom. The monoisotopic (exact) mass is 362 g/mol. The lowest BCUT2D eigenvalue weighted by atomic mass is 9.69. The topological polar surface area (TPSA) is 15.7 Å².